The van der Waals surface area contributed by atoms with Gasteiger partial charge in [0.15, 0.2) is 5.13 Å². The van der Waals surface area contributed by atoms with E-state index in [2.05, 4.69) is 4.90 Å². The molecule has 0 fully saturated rings. The third-order valence-electron chi connectivity index (χ3n) is 4.99. The molecule has 0 spiro atoms. The second-order valence-corrected chi connectivity index (χ2v) is 8.68. The topological polar surface area (TPSA) is 58.1 Å². The summed E-state index contributed by atoms with van der Waals surface area (Å²) in [4.78, 5) is 24.2. The van der Waals surface area contributed by atoms with E-state index < -0.39 is 0 Å². The minimum absolute atomic E-state index is 0.0685. The molecule has 0 aliphatic carbocycles. The van der Waals surface area contributed by atoms with Gasteiger partial charge < -0.3 is 19.3 Å². The molecule has 8 heteroatoms. The number of amides is 1. The van der Waals surface area contributed by atoms with Gasteiger partial charge in [0.2, 0.25) is 0 Å². The number of hydrogen-bond donors (Lipinski definition) is 0. The lowest BCUT2D eigenvalue weighted by Gasteiger charge is -2.21. The van der Waals surface area contributed by atoms with Crippen molar-refractivity contribution in [2.24, 2.45) is 0 Å². The van der Waals surface area contributed by atoms with Crippen molar-refractivity contribution in [3.05, 3.63) is 42.0 Å². The van der Waals surface area contributed by atoms with Gasteiger partial charge >= 0.3 is 0 Å². The van der Waals surface area contributed by atoms with Crippen LogP contribution in [0.15, 0.2) is 36.4 Å². The maximum atomic E-state index is 13.5. The van der Waals surface area contributed by atoms with Crippen LogP contribution in [0.4, 0.5) is 10.8 Å². The minimum Gasteiger partial charge on any atom is -0.495 e. The van der Waals surface area contributed by atoms with Crippen LogP contribution in [0.25, 0.3) is 10.2 Å². The summed E-state index contributed by atoms with van der Waals surface area (Å²) in [6.45, 7) is 1.44. The fourth-order valence-electron chi connectivity index (χ4n) is 3.28. The molecular formula is C23H30N4O3S. The van der Waals surface area contributed by atoms with Gasteiger partial charge in [0, 0.05) is 31.9 Å². The first-order chi connectivity index (χ1) is 14.8. The Labute approximate surface area is 187 Å². The van der Waals surface area contributed by atoms with E-state index in [1.807, 2.05) is 69.5 Å². The summed E-state index contributed by atoms with van der Waals surface area (Å²) in [7, 11) is 11.3. The third-order valence-corrected chi connectivity index (χ3v) is 6.09. The minimum atomic E-state index is -0.0685. The van der Waals surface area contributed by atoms with Crippen LogP contribution in [0.3, 0.4) is 0 Å². The summed E-state index contributed by atoms with van der Waals surface area (Å²) >= 11 is 1.44. The molecule has 0 N–H and O–H groups in total. The van der Waals surface area contributed by atoms with E-state index in [4.69, 9.17) is 14.5 Å². The zero-order chi connectivity index (χ0) is 22.5. The number of ether oxygens (including phenoxy) is 2. The first-order valence-corrected chi connectivity index (χ1v) is 10.9. The SMILES string of the molecule is COc1ccc(OC)c2sc(N(CCCN(C)C)C(=O)c3ccc(N(C)C)cc3)nc12. The van der Waals surface area contributed by atoms with Gasteiger partial charge in [0.1, 0.15) is 21.7 Å². The van der Waals surface area contributed by atoms with Crippen LogP contribution in [0.1, 0.15) is 16.8 Å². The number of thiazole rings is 1. The number of methoxy groups -OCH3 is 2. The molecule has 3 rings (SSSR count). The van der Waals surface area contributed by atoms with E-state index in [1.165, 1.54) is 11.3 Å². The molecule has 3 aromatic rings. The third kappa shape index (κ3) is 5.08. The molecule has 0 atom stereocenters. The average molecular weight is 443 g/mol. The lowest BCUT2D eigenvalue weighted by Crippen LogP contribution is -2.33. The van der Waals surface area contributed by atoms with E-state index in [0.717, 1.165) is 29.1 Å². The summed E-state index contributed by atoms with van der Waals surface area (Å²) in [5.41, 5.74) is 2.38. The zero-order valence-electron chi connectivity index (χ0n) is 19.0. The van der Waals surface area contributed by atoms with Gasteiger partial charge in [-0.25, -0.2) is 4.98 Å². The Hall–Kier alpha value is -2.84. The fraction of sp³-hybridized carbons (Fsp3) is 0.391. The maximum Gasteiger partial charge on any atom is 0.260 e. The number of fused-ring (bicyclic) bond motifs is 1. The predicted octanol–water partition coefficient (Wildman–Crippen LogP) is 3.98. The Kier molecular flexibility index (Phi) is 7.35. The number of carbonyl (C=O) groups is 1. The molecule has 0 bridgehead atoms. The number of benzene rings is 2. The fourth-order valence-corrected chi connectivity index (χ4v) is 4.38. The van der Waals surface area contributed by atoms with E-state index in [1.54, 1.807) is 19.1 Å². The monoisotopic (exact) mass is 442 g/mol. The molecule has 1 heterocycles. The molecule has 0 aliphatic rings. The van der Waals surface area contributed by atoms with Gasteiger partial charge in [0.05, 0.1) is 14.2 Å². The standard InChI is InChI=1S/C23H30N4O3S/c1-25(2)14-7-15-27(22(28)16-8-10-17(11-9-16)26(3)4)23-24-20-18(29-5)12-13-19(30-6)21(20)31-23/h8-13H,7,14-15H2,1-6H3. The molecule has 1 amide bonds. The van der Waals surface area contributed by atoms with Crippen LogP contribution >= 0.6 is 11.3 Å². The number of nitrogens with zero attached hydrogens (tertiary/aromatic N) is 4. The Balaban J connectivity index is 2.01. The maximum absolute atomic E-state index is 13.5. The van der Waals surface area contributed by atoms with Crippen LogP contribution in [-0.4, -0.2) is 71.3 Å². The highest BCUT2D eigenvalue weighted by Gasteiger charge is 2.23. The van der Waals surface area contributed by atoms with Crippen LogP contribution in [0, 0.1) is 0 Å². The van der Waals surface area contributed by atoms with Crippen molar-refractivity contribution < 1.29 is 14.3 Å². The Bertz CT molecular complexity index is 990. The molecule has 0 radical (unpaired) electrons. The summed E-state index contributed by atoms with van der Waals surface area (Å²) < 4.78 is 11.9. The zero-order valence-corrected chi connectivity index (χ0v) is 19.8. The lowest BCUT2D eigenvalue weighted by molar-refractivity contribution is 0.0986. The van der Waals surface area contributed by atoms with Gasteiger partial charge in [-0.2, -0.15) is 0 Å². The smallest absolute Gasteiger partial charge is 0.260 e. The first kappa shape index (κ1) is 22.8. The highest BCUT2D eigenvalue weighted by atomic mass is 32.1. The molecular weight excluding hydrogens is 412 g/mol. The second kappa shape index (κ2) is 9.98. The highest BCUT2D eigenvalue weighted by Crippen LogP contribution is 2.40. The van der Waals surface area contributed by atoms with Crippen molar-refractivity contribution in [1.29, 1.82) is 0 Å². The quantitative estimate of drug-likeness (QED) is 0.500. The number of aromatic nitrogens is 1. The van der Waals surface area contributed by atoms with Crippen LogP contribution < -0.4 is 19.3 Å². The summed E-state index contributed by atoms with van der Waals surface area (Å²) in [5.74, 6) is 1.31. The number of anilines is 2. The lowest BCUT2D eigenvalue weighted by atomic mass is 10.1. The van der Waals surface area contributed by atoms with Crippen molar-refractivity contribution in [3.63, 3.8) is 0 Å². The van der Waals surface area contributed by atoms with E-state index >= 15 is 0 Å². The number of hydrogen-bond acceptors (Lipinski definition) is 7. The van der Waals surface area contributed by atoms with Crippen molar-refractivity contribution >= 4 is 38.3 Å². The molecule has 166 valence electrons. The first-order valence-electron chi connectivity index (χ1n) is 10.1. The normalized spacial score (nSPS) is 11.1. The van der Waals surface area contributed by atoms with E-state index in [0.29, 0.717) is 28.5 Å². The molecule has 2 aromatic carbocycles. The Morgan fingerprint density at radius 3 is 2.16 bits per heavy atom. The van der Waals surface area contributed by atoms with Crippen LogP contribution in [-0.2, 0) is 0 Å². The van der Waals surface area contributed by atoms with Gasteiger partial charge in [-0.3, -0.25) is 9.69 Å². The summed E-state index contributed by atoms with van der Waals surface area (Å²) in [5, 5.41) is 0.637. The van der Waals surface area contributed by atoms with Gasteiger partial charge in [0.25, 0.3) is 5.91 Å². The van der Waals surface area contributed by atoms with Gasteiger partial charge in [-0.15, -0.1) is 0 Å². The largest absolute Gasteiger partial charge is 0.495 e. The van der Waals surface area contributed by atoms with Gasteiger partial charge in [-0.05, 0) is 63.5 Å². The van der Waals surface area contributed by atoms with Crippen molar-refractivity contribution in [3.8, 4) is 11.5 Å². The van der Waals surface area contributed by atoms with Crippen LogP contribution in [0.2, 0.25) is 0 Å². The molecule has 0 saturated carbocycles. The van der Waals surface area contributed by atoms with E-state index in [-0.39, 0.29) is 5.91 Å². The average Bonchev–Trinajstić information content (AvgIpc) is 3.20. The molecule has 7 nitrogen and oxygen atoms in total. The highest BCUT2D eigenvalue weighted by molar-refractivity contribution is 7.22. The molecule has 0 aliphatic heterocycles. The molecule has 0 unspecified atom stereocenters. The van der Waals surface area contributed by atoms with Crippen molar-refractivity contribution in [1.82, 2.24) is 9.88 Å². The number of carbonyl (C=O) groups excluding carboxylic acids is 1. The molecule has 31 heavy (non-hydrogen) atoms. The van der Waals surface area contributed by atoms with E-state index in [9.17, 15) is 4.79 Å². The van der Waals surface area contributed by atoms with Gasteiger partial charge in [-0.1, -0.05) is 11.3 Å². The second-order valence-electron chi connectivity index (χ2n) is 7.70. The van der Waals surface area contributed by atoms with Crippen molar-refractivity contribution in [2.45, 2.75) is 6.42 Å². The van der Waals surface area contributed by atoms with Crippen molar-refractivity contribution in [2.75, 3.05) is 65.3 Å². The molecule has 0 saturated heterocycles. The Morgan fingerprint density at radius 2 is 1.58 bits per heavy atom. The number of rotatable bonds is 9. The van der Waals surface area contributed by atoms with Crippen LogP contribution in [0.5, 0.6) is 11.5 Å². The predicted molar refractivity (Wildman–Crippen MR) is 128 cm³/mol. The summed E-state index contributed by atoms with van der Waals surface area (Å²) in [6, 6.07) is 11.3. The molecule has 1 aromatic heterocycles. The Morgan fingerprint density at radius 1 is 0.935 bits per heavy atom. The summed E-state index contributed by atoms with van der Waals surface area (Å²) in [6.07, 6.45) is 0.832.